The molecule has 57 heavy (non-hydrogen) atoms. The molecule has 0 unspecified atom stereocenters. The molecule has 3 fully saturated rings. The quantitative estimate of drug-likeness (QED) is 0.165. The van der Waals surface area contributed by atoms with E-state index in [-0.39, 0.29) is 44.0 Å². The SMILES string of the molecule is COc1cnc(O[C@@H]2C[C@H]3C(=O)C[C@]4(C(=O)NS(=O)(=O)C5(Cl)CC5)C[C@H]4/C=C\CC[C@@H](C)C[C@@H](C)[C@H](CC(=O)OC(C)(C)C(F)(F)F)C(=O)N3C2)c2ccccc12. The molecule has 17 heteroatoms. The van der Waals surface area contributed by atoms with Crippen molar-refractivity contribution in [2.24, 2.45) is 29.1 Å². The highest BCUT2D eigenvalue weighted by atomic mass is 35.5. The summed E-state index contributed by atoms with van der Waals surface area (Å²) in [5, 5.41) is 1.31. The predicted molar refractivity (Wildman–Crippen MR) is 204 cm³/mol. The minimum absolute atomic E-state index is 0.00471. The number of nitrogens with zero attached hydrogens (tertiary/aromatic N) is 2. The van der Waals surface area contributed by atoms with Gasteiger partial charge in [0, 0.05) is 23.6 Å². The Morgan fingerprint density at radius 1 is 1.09 bits per heavy atom. The third-order valence-electron chi connectivity index (χ3n) is 12.0. The van der Waals surface area contributed by atoms with E-state index in [9.17, 15) is 40.8 Å². The van der Waals surface area contributed by atoms with Crippen LogP contribution in [0.1, 0.15) is 85.5 Å². The molecule has 0 bridgehead atoms. The molecular formula is C40H49ClF3N3O9S. The first-order chi connectivity index (χ1) is 26.6. The summed E-state index contributed by atoms with van der Waals surface area (Å²) in [6.07, 6.45) is 0.556. The number of nitrogens with one attached hydrogen (secondary N) is 1. The fraction of sp³-hybridized carbons (Fsp3) is 0.625. The number of benzene rings is 1. The van der Waals surface area contributed by atoms with Crippen molar-refractivity contribution in [3.8, 4) is 11.6 Å². The summed E-state index contributed by atoms with van der Waals surface area (Å²) in [5.41, 5.74) is -4.25. The summed E-state index contributed by atoms with van der Waals surface area (Å²) < 4.78 is 84.7. The lowest BCUT2D eigenvalue weighted by Gasteiger charge is -2.33. The van der Waals surface area contributed by atoms with Crippen molar-refractivity contribution < 1.29 is 55.0 Å². The van der Waals surface area contributed by atoms with Crippen LogP contribution in [0.5, 0.6) is 11.6 Å². The van der Waals surface area contributed by atoms with Crippen LogP contribution in [0, 0.1) is 29.1 Å². The number of alkyl halides is 4. The van der Waals surface area contributed by atoms with Crippen LogP contribution in [0.25, 0.3) is 10.8 Å². The molecule has 12 nitrogen and oxygen atoms in total. The van der Waals surface area contributed by atoms with Crippen molar-refractivity contribution in [1.82, 2.24) is 14.6 Å². The number of ether oxygens (including phenoxy) is 3. The molecule has 4 aliphatic rings. The molecule has 7 atom stereocenters. The summed E-state index contributed by atoms with van der Waals surface area (Å²) >= 11 is 6.22. The van der Waals surface area contributed by atoms with Crippen LogP contribution in [0.2, 0.25) is 0 Å². The second-order valence-electron chi connectivity index (χ2n) is 16.7. The highest BCUT2D eigenvalue weighted by Gasteiger charge is 2.63. The Balaban J connectivity index is 1.36. The second-order valence-corrected chi connectivity index (χ2v) is 19.6. The Morgan fingerprint density at radius 2 is 1.77 bits per heavy atom. The van der Waals surface area contributed by atoms with Crippen molar-refractivity contribution in [1.29, 1.82) is 0 Å². The standard InChI is InChI=1S/C40H49ClF3N3O9S/c1-23-10-6-7-11-25-19-38(25,36(51)46-57(52,53)39(41)14-15-39)20-31(48)30-17-26(55-34-28-13-9-8-12-27(28)32(54-5)21-45-34)22-47(30)35(50)29(24(2)16-23)18-33(49)56-37(3,4)40(42,43)44/h7-9,11-13,21,23-26,29-30H,6,10,14-20,22H2,1-5H3,(H,46,51)/b11-7-/t23-,24-,25-,26-,29+,30+,38-/m1/s1. The van der Waals surface area contributed by atoms with Gasteiger partial charge < -0.3 is 19.1 Å². The van der Waals surface area contributed by atoms with Crippen molar-refractivity contribution in [3.05, 3.63) is 42.6 Å². The molecule has 1 saturated heterocycles. The molecule has 3 heterocycles. The van der Waals surface area contributed by atoms with Gasteiger partial charge in [0.2, 0.25) is 23.3 Å². The zero-order valence-electron chi connectivity index (χ0n) is 32.6. The number of carbonyl (C=O) groups excluding carboxylic acids is 4. The van der Waals surface area contributed by atoms with E-state index in [1.807, 2.05) is 31.2 Å². The second kappa shape index (κ2) is 15.7. The number of sulfonamides is 1. The highest BCUT2D eigenvalue weighted by Crippen LogP contribution is 2.58. The summed E-state index contributed by atoms with van der Waals surface area (Å²) in [6, 6.07) is 6.01. The number of hydrogen-bond acceptors (Lipinski definition) is 10. The molecule has 1 aromatic heterocycles. The fourth-order valence-corrected chi connectivity index (χ4v) is 9.57. The van der Waals surface area contributed by atoms with Gasteiger partial charge in [-0.1, -0.05) is 55.8 Å². The molecule has 1 aromatic carbocycles. The van der Waals surface area contributed by atoms with Gasteiger partial charge in [0.05, 0.1) is 43.6 Å². The van der Waals surface area contributed by atoms with Crippen molar-refractivity contribution in [2.45, 2.75) is 114 Å². The van der Waals surface area contributed by atoms with E-state index in [4.69, 9.17) is 25.8 Å². The van der Waals surface area contributed by atoms with Crippen LogP contribution in [-0.4, -0.2) is 83.7 Å². The van der Waals surface area contributed by atoms with E-state index in [1.54, 1.807) is 19.1 Å². The van der Waals surface area contributed by atoms with Gasteiger partial charge >= 0.3 is 12.1 Å². The molecule has 0 radical (unpaired) electrons. The number of ketones is 1. The van der Waals surface area contributed by atoms with Gasteiger partial charge in [-0.3, -0.25) is 23.9 Å². The molecule has 2 aliphatic heterocycles. The number of methoxy groups -OCH3 is 1. The van der Waals surface area contributed by atoms with E-state index in [1.165, 1.54) is 18.2 Å². The Kier molecular flexibility index (Phi) is 11.7. The molecule has 2 aromatic rings. The van der Waals surface area contributed by atoms with Crippen LogP contribution >= 0.6 is 11.6 Å². The largest absolute Gasteiger partial charge is 0.494 e. The number of carbonyl (C=O) groups is 4. The number of Topliss-reactive ketones (excluding diaryl/α,β-unsaturated/α-hetero) is 1. The Bertz CT molecular complexity index is 2060. The summed E-state index contributed by atoms with van der Waals surface area (Å²) in [4.78, 5) is 62.2. The Morgan fingerprint density at radius 3 is 2.42 bits per heavy atom. The first-order valence-corrected chi connectivity index (χ1v) is 21.1. The Hall–Kier alpha value is -3.92. The minimum Gasteiger partial charge on any atom is -0.494 e. The van der Waals surface area contributed by atoms with Crippen molar-refractivity contribution in [2.75, 3.05) is 13.7 Å². The van der Waals surface area contributed by atoms with Gasteiger partial charge in [-0.15, -0.1) is 0 Å². The zero-order valence-corrected chi connectivity index (χ0v) is 34.1. The number of halogens is 4. The van der Waals surface area contributed by atoms with Crippen LogP contribution in [0.15, 0.2) is 42.6 Å². The average Bonchev–Trinajstić information content (AvgIpc) is 4.01. The molecule has 312 valence electrons. The monoisotopic (exact) mass is 839 g/mol. The normalized spacial score (nSPS) is 29.9. The first kappa shape index (κ1) is 42.7. The Labute approximate surface area is 335 Å². The molecule has 6 rings (SSSR count). The van der Waals surface area contributed by atoms with E-state index in [0.717, 1.165) is 13.8 Å². The lowest BCUT2D eigenvalue weighted by Crippen LogP contribution is -2.48. The number of pyridine rings is 1. The maximum Gasteiger partial charge on any atom is 0.427 e. The van der Waals surface area contributed by atoms with Gasteiger partial charge in [-0.2, -0.15) is 13.2 Å². The number of fused-ring (bicyclic) bond motifs is 3. The lowest BCUT2D eigenvalue weighted by molar-refractivity contribution is -0.257. The summed E-state index contributed by atoms with van der Waals surface area (Å²) in [5.74, 6) is -4.70. The fourth-order valence-electron chi connectivity index (χ4n) is 8.09. The third-order valence-corrected chi connectivity index (χ3v) is 14.8. The van der Waals surface area contributed by atoms with Crippen LogP contribution in [0.4, 0.5) is 13.2 Å². The number of aromatic nitrogens is 1. The van der Waals surface area contributed by atoms with E-state index in [0.29, 0.717) is 35.8 Å². The number of hydrogen-bond donors (Lipinski definition) is 1. The lowest BCUT2D eigenvalue weighted by atomic mass is 9.82. The number of rotatable bonds is 9. The van der Waals surface area contributed by atoms with Crippen LogP contribution < -0.4 is 14.2 Å². The van der Waals surface area contributed by atoms with Crippen molar-refractivity contribution >= 4 is 56.0 Å². The first-order valence-electron chi connectivity index (χ1n) is 19.2. The molecule has 1 N–H and O–H groups in total. The van der Waals surface area contributed by atoms with Gasteiger partial charge in [0.25, 0.3) is 10.0 Å². The summed E-state index contributed by atoms with van der Waals surface area (Å²) in [7, 11) is -2.76. The van der Waals surface area contributed by atoms with E-state index >= 15 is 0 Å². The van der Waals surface area contributed by atoms with Gasteiger partial charge in [-0.25, -0.2) is 13.4 Å². The molecule has 2 aliphatic carbocycles. The number of allylic oxidation sites excluding steroid dienone is 2. The molecule has 2 amide bonds. The van der Waals surface area contributed by atoms with E-state index < -0.39 is 97.7 Å². The smallest absolute Gasteiger partial charge is 0.427 e. The third kappa shape index (κ3) is 8.76. The molecular weight excluding hydrogens is 791 g/mol. The van der Waals surface area contributed by atoms with Gasteiger partial charge in [0.1, 0.15) is 11.9 Å². The average molecular weight is 840 g/mol. The van der Waals surface area contributed by atoms with Gasteiger partial charge in [-0.05, 0) is 76.2 Å². The highest BCUT2D eigenvalue weighted by molar-refractivity contribution is 7.93. The maximum absolute atomic E-state index is 14.8. The summed E-state index contributed by atoms with van der Waals surface area (Å²) in [6.45, 7) is 5.03. The predicted octanol–water partition coefficient (Wildman–Crippen LogP) is 6.63. The maximum atomic E-state index is 14.8. The van der Waals surface area contributed by atoms with Crippen LogP contribution in [0.3, 0.4) is 0 Å². The zero-order chi connectivity index (χ0) is 41.7. The minimum atomic E-state index is -4.87. The molecule has 0 spiro atoms. The van der Waals surface area contributed by atoms with Crippen LogP contribution in [-0.2, 0) is 33.9 Å². The molecule has 2 saturated carbocycles. The van der Waals surface area contributed by atoms with Gasteiger partial charge in [0.15, 0.2) is 9.99 Å². The number of amides is 2. The van der Waals surface area contributed by atoms with E-state index in [2.05, 4.69) is 9.71 Å². The number of esters is 1. The topological polar surface area (TPSA) is 158 Å². The van der Waals surface area contributed by atoms with Crippen molar-refractivity contribution in [3.63, 3.8) is 0 Å².